The first-order chi connectivity index (χ1) is 9.90. The van der Waals surface area contributed by atoms with Crippen LogP contribution in [0.4, 0.5) is 11.8 Å². The van der Waals surface area contributed by atoms with Gasteiger partial charge in [-0.1, -0.05) is 0 Å². The molecule has 0 unspecified atom stereocenters. The SMILES string of the molecule is C[C@@H]1O[C@@H](n2cnc3c(N)nc(N)nc32)[C@H](O)[C@H](O)[C@H]1O. The van der Waals surface area contributed by atoms with Crippen LogP contribution in [0.1, 0.15) is 13.2 Å². The Bertz CT molecular complexity index is 676. The van der Waals surface area contributed by atoms with E-state index in [1.807, 2.05) is 0 Å². The van der Waals surface area contributed by atoms with Crippen molar-refractivity contribution in [3.8, 4) is 0 Å². The van der Waals surface area contributed by atoms with E-state index in [2.05, 4.69) is 15.0 Å². The lowest BCUT2D eigenvalue weighted by Crippen LogP contribution is -2.54. The fraction of sp³-hybridized carbons (Fsp3) is 0.545. The zero-order chi connectivity index (χ0) is 15.3. The van der Waals surface area contributed by atoms with E-state index in [9.17, 15) is 15.3 Å². The van der Waals surface area contributed by atoms with Crippen LogP contribution in [0.3, 0.4) is 0 Å². The van der Waals surface area contributed by atoms with E-state index < -0.39 is 30.6 Å². The third-order valence-corrected chi connectivity index (χ3v) is 3.57. The molecule has 1 aliphatic rings. The summed E-state index contributed by atoms with van der Waals surface area (Å²) in [5, 5.41) is 29.7. The quantitative estimate of drug-likeness (QED) is 0.399. The summed E-state index contributed by atoms with van der Waals surface area (Å²) < 4.78 is 6.94. The number of hydrogen-bond acceptors (Lipinski definition) is 9. The summed E-state index contributed by atoms with van der Waals surface area (Å²) in [6, 6.07) is 0. The molecule has 0 bridgehead atoms. The number of aliphatic hydroxyl groups is 3. The van der Waals surface area contributed by atoms with Gasteiger partial charge in [0.2, 0.25) is 5.95 Å². The minimum Gasteiger partial charge on any atom is -0.388 e. The van der Waals surface area contributed by atoms with Crippen molar-refractivity contribution in [2.45, 2.75) is 37.6 Å². The monoisotopic (exact) mass is 296 g/mol. The van der Waals surface area contributed by atoms with E-state index >= 15 is 0 Å². The van der Waals surface area contributed by atoms with Crippen molar-refractivity contribution in [2.24, 2.45) is 0 Å². The molecule has 1 fully saturated rings. The lowest BCUT2D eigenvalue weighted by molar-refractivity contribution is -0.239. The number of nitrogens with zero attached hydrogens (tertiary/aromatic N) is 4. The van der Waals surface area contributed by atoms with Crippen LogP contribution < -0.4 is 11.5 Å². The summed E-state index contributed by atoms with van der Waals surface area (Å²) in [5.74, 6) is 0.0656. The van der Waals surface area contributed by atoms with Crippen LogP contribution in [-0.4, -0.2) is 59.3 Å². The highest BCUT2D eigenvalue weighted by Gasteiger charge is 2.43. The molecule has 10 nitrogen and oxygen atoms in total. The highest BCUT2D eigenvalue weighted by Crippen LogP contribution is 2.31. The van der Waals surface area contributed by atoms with Gasteiger partial charge < -0.3 is 31.5 Å². The molecule has 0 radical (unpaired) electrons. The van der Waals surface area contributed by atoms with E-state index in [-0.39, 0.29) is 17.4 Å². The Morgan fingerprint density at radius 3 is 2.57 bits per heavy atom. The fourth-order valence-corrected chi connectivity index (χ4v) is 2.40. The van der Waals surface area contributed by atoms with Crippen LogP contribution in [0.5, 0.6) is 0 Å². The second kappa shape index (κ2) is 4.77. The van der Waals surface area contributed by atoms with Gasteiger partial charge in [-0.15, -0.1) is 0 Å². The van der Waals surface area contributed by atoms with Gasteiger partial charge in [-0.3, -0.25) is 4.57 Å². The molecule has 21 heavy (non-hydrogen) atoms. The van der Waals surface area contributed by atoms with Gasteiger partial charge in [0, 0.05) is 0 Å². The molecule has 114 valence electrons. The van der Waals surface area contributed by atoms with Gasteiger partial charge in [0.1, 0.15) is 23.8 Å². The van der Waals surface area contributed by atoms with Crippen molar-refractivity contribution >= 4 is 22.9 Å². The number of nitrogens with two attached hydrogens (primary N) is 2. The topological polar surface area (TPSA) is 166 Å². The van der Waals surface area contributed by atoms with E-state index in [1.165, 1.54) is 10.9 Å². The maximum atomic E-state index is 10.1. The number of aliphatic hydroxyl groups excluding tert-OH is 3. The summed E-state index contributed by atoms with van der Waals surface area (Å²) in [6.45, 7) is 1.59. The first-order valence-corrected chi connectivity index (χ1v) is 6.35. The zero-order valence-electron chi connectivity index (χ0n) is 11.2. The predicted molar refractivity (Wildman–Crippen MR) is 71.8 cm³/mol. The molecule has 5 atom stereocenters. The number of ether oxygens (including phenoxy) is 1. The molecule has 10 heteroatoms. The molecule has 1 aliphatic heterocycles. The summed E-state index contributed by atoms with van der Waals surface area (Å²) in [4.78, 5) is 11.9. The highest BCUT2D eigenvalue weighted by atomic mass is 16.5. The Morgan fingerprint density at radius 2 is 1.86 bits per heavy atom. The second-order valence-corrected chi connectivity index (χ2v) is 4.99. The Hall–Kier alpha value is -2.01. The Morgan fingerprint density at radius 1 is 1.14 bits per heavy atom. The first-order valence-electron chi connectivity index (χ1n) is 6.35. The summed E-state index contributed by atoms with van der Waals surface area (Å²) in [7, 11) is 0. The Kier molecular flexibility index (Phi) is 3.17. The molecule has 0 spiro atoms. The van der Waals surface area contributed by atoms with Gasteiger partial charge in [-0.05, 0) is 6.92 Å². The average molecular weight is 296 g/mol. The molecule has 1 saturated heterocycles. The smallest absolute Gasteiger partial charge is 0.224 e. The van der Waals surface area contributed by atoms with Crippen LogP contribution in [0.15, 0.2) is 6.33 Å². The molecule has 2 aromatic heterocycles. The summed E-state index contributed by atoms with van der Waals surface area (Å²) in [5.41, 5.74) is 11.9. The standard InChI is InChI=1S/C11H16N6O4/c1-3-5(18)6(19)7(20)10(21-3)17-2-14-4-8(12)15-11(13)16-9(4)17/h2-3,5-7,10,18-20H,1H3,(H4,12,13,15,16)/t3-,5-,6+,7+,10+/m0/s1. The third-order valence-electron chi connectivity index (χ3n) is 3.57. The van der Waals surface area contributed by atoms with Crippen LogP contribution in [-0.2, 0) is 4.74 Å². The van der Waals surface area contributed by atoms with Gasteiger partial charge in [0.15, 0.2) is 17.7 Å². The minimum absolute atomic E-state index is 0.0410. The maximum Gasteiger partial charge on any atom is 0.224 e. The molecule has 0 aliphatic carbocycles. The summed E-state index contributed by atoms with van der Waals surface area (Å²) in [6.07, 6.45) is -4.19. The number of aromatic nitrogens is 4. The van der Waals surface area contributed by atoms with Crippen LogP contribution in [0.2, 0.25) is 0 Å². The number of nitrogen functional groups attached to an aromatic ring is 2. The molecule has 0 amide bonds. The maximum absolute atomic E-state index is 10.1. The van der Waals surface area contributed by atoms with Gasteiger partial charge in [0.25, 0.3) is 0 Å². The molecule has 0 aromatic carbocycles. The van der Waals surface area contributed by atoms with Crippen molar-refractivity contribution in [3.63, 3.8) is 0 Å². The molecular formula is C11H16N6O4. The van der Waals surface area contributed by atoms with E-state index in [4.69, 9.17) is 16.2 Å². The third kappa shape index (κ3) is 2.08. The van der Waals surface area contributed by atoms with Crippen LogP contribution in [0, 0.1) is 0 Å². The van der Waals surface area contributed by atoms with Crippen molar-refractivity contribution in [3.05, 3.63) is 6.33 Å². The number of imidazole rings is 1. The molecule has 7 N–H and O–H groups in total. The van der Waals surface area contributed by atoms with E-state index in [0.29, 0.717) is 5.52 Å². The molecular weight excluding hydrogens is 280 g/mol. The van der Waals surface area contributed by atoms with Crippen molar-refractivity contribution < 1.29 is 20.1 Å². The Labute approximate surface area is 119 Å². The fourth-order valence-electron chi connectivity index (χ4n) is 2.40. The number of fused-ring (bicyclic) bond motifs is 1. The normalized spacial score (nSPS) is 33.4. The van der Waals surface area contributed by atoms with Crippen molar-refractivity contribution in [1.82, 2.24) is 19.5 Å². The largest absolute Gasteiger partial charge is 0.388 e. The van der Waals surface area contributed by atoms with Crippen LogP contribution >= 0.6 is 0 Å². The first kappa shape index (κ1) is 13.9. The summed E-state index contributed by atoms with van der Waals surface area (Å²) >= 11 is 0. The van der Waals surface area contributed by atoms with Crippen molar-refractivity contribution in [1.29, 1.82) is 0 Å². The molecule has 0 saturated carbocycles. The van der Waals surface area contributed by atoms with Gasteiger partial charge in [-0.2, -0.15) is 9.97 Å². The van der Waals surface area contributed by atoms with Gasteiger partial charge in [0.05, 0.1) is 12.4 Å². The zero-order valence-corrected chi connectivity index (χ0v) is 11.2. The number of hydrogen-bond donors (Lipinski definition) is 5. The van der Waals surface area contributed by atoms with E-state index in [0.717, 1.165) is 0 Å². The van der Waals surface area contributed by atoms with Crippen LogP contribution in [0.25, 0.3) is 11.2 Å². The number of rotatable bonds is 1. The van der Waals surface area contributed by atoms with E-state index in [1.54, 1.807) is 6.92 Å². The van der Waals surface area contributed by atoms with Gasteiger partial charge >= 0.3 is 0 Å². The molecule has 2 aromatic rings. The lowest BCUT2D eigenvalue weighted by Gasteiger charge is -2.39. The predicted octanol–water partition coefficient (Wildman–Crippen LogP) is -2.01. The lowest BCUT2D eigenvalue weighted by atomic mass is 9.99. The average Bonchev–Trinajstić information content (AvgIpc) is 2.84. The second-order valence-electron chi connectivity index (χ2n) is 4.99. The molecule has 3 rings (SSSR count). The highest BCUT2D eigenvalue weighted by molar-refractivity contribution is 5.82. The van der Waals surface area contributed by atoms with Crippen molar-refractivity contribution in [2.75, 3.05) is 11.5 Å². The Balaban J connectivity index is 2.08. The molecule has 3 heterocycles. The van der Waals surface area contributed by atoms with Gasteiger partial charge in [-0.25, -0.2) is 4.98 Å². The number of anilines is 2. The minimum atomic E-state index is -1.36.